The van der Waals surface area contributed by atoms with Crippen LogP contribution in [0.25, 0.3) is 0 Å². The van der Waals surface area contributed by atoms with Crippen LogP contribution < -0.4 is 5.43 Å². The summed E-state index contributed by atoms with van der Waals surface area (Å²) in [6.45, 7) is 2.46. The number of hydrogen-bond acceptors (Lipinski definition) is 10. The third-order valence-electron chi connectivity index (χ3n) is 6.39. The molecule has 0 amide bonds. The molecular formula is C19H23N3O6S. The van der Waals surface area contributed by atoms with Gasteiger partial charge < -0.3 is 9.47 Å². The van der Waals surface area contributed by atoms with E-state index in [0.29, 0.717) is 29.3 Å². The average Bonchev–Trinajstić information content (AvgIpc) is 3.13. The highest BCUT2D eigenvalue weighted by Gasteiger charge is 2.64. The lowest BCUT2D eigenvalue weighted by Gasteiger charge is -2.59. The number of nitrogens with zero attached hydrogens (tertiary/aromatic N) is 2. The predicted molar refractivity (Wildman–Crippen MR) is 102 cm³/mol. The minimum absolute atomic E-state index is 0.105. The second-order valence-electron chi connectivity index (χ2n) is 8.19. The average molecular weight is 421 g/mol. The molecule has 0 atom stereocenters. The number of carbonyl (C=O) groups excluding carboxylic acids is 2. The van der Waals surface area contributed by atoms with Crippen molar-refractivity contribution in [1.29, 1.82) is 0 Å². The van der Waals surface area contributed by atoms with E-state index in [2.05, 4.69) is 15.5 Å². The van der Waals surface area contributed by atoms with Gasteiger partial charge in [-0.25, -0.2) is 24.3 Å². The van der Waals surface area contributed by atoms with Gasteiger partial charge in [0.2, 0.25) is 5.13 Å². The summed E-state index contributed by atoms with van der Waals surface area (Å²) in [7, 11) is 0. The summed E-state index contributed by atoms with van der Waals surface area (Å²) >= 11 is 1.27. The SMILES string of the molecule is CCOOCc1csc(NN=C2C(=O)OC3(OC2=O)C2CC4CC(C2)CC3C4)n1. The standard InChI is InChI=1S/C19H23N3O6S/c1-2-25-26-8-14-9-29-18(20-14)22-21-15-16(23)27-19(28-17(15)24)12-4-10-3-11(6-12)7-13(19)5-10/h9-13H,2-8H2,1H3,(H,20,22). The number of ether oxygens (including phenoxy) is 2. The molecule has 0 aromatic carbocycles. The Labute approximate surface area is 171 Å². The van der Waals surface area contributed by atoms with E-state index in [1.54, 1.807) is 5.38 Å². The molecule has 1 aliphatic heterocycles. The lowest BCUT2D eigenvalue weighted by Crippen LogP contribution is -2.65. The number of rotatable bonds is 6. The fraction of sp³-hybridized carbons (Fsp3) is 0.684. The molecule has 6 rings (SSSR count). The van der Waals surface area contributed by atoms with Crippen LogP contribution in [0.2, 0.25) is 0 Å². The van der Waals surface area contributed by atoms with Crippen molar-refractivity contribution in [2.24, 2.45) is 28.8 Å². The fourth-order valence-corrected chi connectivity index (χ4v) is 6.11. The summed E-state index contributed by atoms with van der Waals surface area (Å²) in [4.78, 5) is 39.3. The zero-order valence-corrected chi connectivity index (χ0v) is 16.9. The monoisotopic (exact) mass is 421 g/mol. The second kappa shape index (κ2) is 7.33. The van der Waals surface area contributed by atoms with Crippen LogP contribution in [0, 0.1) is 23.7 Å². The van der Waals surface area contributed by atoms with Crippen LogP contribution in [-0.4, -0.2) is 35.0 Å². The third-order valence-corrected chi connectivity index (χ3v) is 7.19. The molecule has 4 bridgehead atoms. The lowest BCUT2D eigenvalue weighted by atomic mass is 9.53. The van der Waals surface area contributed by atoms with Crippen molar-refractivity contribution in [1.82, 2.24) is 4.98 Å². The molecular weight excluding hydrogens is 398 g/mol. The first kappa shape index (κ1) is 19.0. The molecule has 4 aliphatic carbocycles. The number of aromatic nitrogens is 1. The van der Waals surface area contributed by atoms with Crippen molar-refractivity contribution >= 4 is 34.1 Å². The number of hydrogen-bond donors (Lipinski definition) is 1. The first-order valence-electron chi connectivity index (χ1n) is 10.1. The van der Waals surface area contributed by atoms with Crippen molar-refractivity contribution in [2.75, 3.05) is 12.0 Å². The van der Waals surface area contributed by atoms with Crippen LogP contribution in [0.1, 0.15) is 44.7 Å². The number of anilines is 1. The smallest absolute Gasteiger partial charge is 0.369 e. The maximum absolute atomic E-state index is 12.7. The molecule has 5 fully saturated rings. The zero-order chi connectivity index (χ0) is 20.0. The summed E-state index contributed by atoms with van der Waals surface area (Å²) in [6.07, 6.45) is 5.11. The lowest BCUT2D eigenvalue weighted by molar-refractivity contribution is -0.308. The van der Waals surface area contributed by atoms with E-state index in [0.717, 1.165) is 25.7 Å². The van der Waals surface area contributed by atoms with Gasteiger partial charge in [-0.05, 0) is 50.9 Å². The Kier molecular flexibility index (Phi) is 4.79. The third kappa shape index (κ3) is 3.32. The van der Waals surface area contributed by atoms with Gasteiger partial charge >= 0.3 is 11.9 Å². The molecule has 1 aromatic rings. The Balaban J connectivity index is 1.26. The van der Waals surface area contributed by atoms with E-state index in [1.165, 1.54) is 17.8 Å². The van der Waals surface area contributed by atoms with Gasteiger partial charge in [0.1, 0.15) is 6.61 Å². The number of thiazole rings is 1. The Morgan fingerprint density at radius 3 is 2.41 bits per heavy atom. The first-order valence-corrected chi connectivity index (χ1v) is 10.9. The Morgan fingerprint density at radius 1 is 1.14 bits per heavy atom. The highest BCUT2D eigenvalue weighted by Crippen LogP contribution is 2.60. The first-order chi connectivity index (χ1) is 14.1. The van der Waals surface area contributed by atoms with Gasteiger partial charge in [-0.15, -0.1) is 11.3 Å². The molecule has 4 saturated carbocycles. The molecule has 10 heteroatoms. The van der Waals surface area contributed by atoms with Gasteiger partial charge in [-0.3, -0.25) is 5.43 Å². The van der Waals surface area contributed by atoms with Crippen molar-refractivity contribution in [3.8, 4) is 0 Å². The molecule has 0 radical (unpaired) electrons. The second-order valence-corrected chi connectivity index (χ2v) is 9.05. The van der Waals surface area contributed by atoms with Crippen LogP contribution in [0.15, 0.2) is 10.5 Å². The molecule has 1 spiro atoms. The largest absolute Gasteiger partial charge is 0.417 e. The summed E-state index contributed by atoms with van der Waals surface area (Å²) in [5.41, 5.74) is 2.90. The zero-order valence-electron chi connectivity index (χ0n) is 16.1. The van der Waals surface area contributed by atoms with Gasteiger partial charge in [0, 0.05) is 17.2 Å². The molecule has 1 aromatic heterocycles. The maximum Gasteiger partial charge on any atom is 0.369 e. The van der Waals surface area contributed by atoms with Crippen LogP contribution in [0.3, 0.4) is 0 Å². The number of carbonyl (C=O) groups is 2. The number of esters is 2. The predicted octanol–water partition coefficient (Wildman–Crippen LogP) is 2.63. The van der Waals surface area contributed by atoms with Gasteiger partial charge in [-0.2, -0.15) is 5.10 Å². The van der Waals surface area contributed by atoms with Gasteiger partial charge in [0.25, 0.3) is 11.5 Å². The summed E-state index contributed by atoms with van der Waals surface area (Å²) in [6, 6.07) is 0. The molecule has 5 aliphatic rings. The van der Waals surface area contributed by atoms with Crippen LogP contribution in [-0.2, 0) is 35.4 Å². The molecule has 0 unspecified atom stereocenters. The summed E-state index contributed by atoms with van der Waals surface area (Å²) < 4.78 is 11.6. The minimum Gasteiger partial charge on any atom is -0.417 e. The van der Waals surface area contributed by atoms with E-state index in [1.807, 2.05) is 6.92 Å². The van der Waals surface area contributed by atoms with Crippen molar-refractivity contribution < 1.29 is 28.8 Å². The molecule has 1 saturated heterocycles. The highest BCUT2D eigenvalue weighted by molar-refractivity contribution is 7.13. The van der Waals surface area contributed by atoms with Gasteiger partial charge in [0.15, 0.2) is 0 Å². The summed E-state index contributed by atoms with van der Waals surface area (Å²) in [5, 5.41) is 6.10. The van der Waals surface area contributed by atoms with Crippen molar-refractivity contribution in [2.45, 2.75) is 51.4 Å². The van der Waals surface area contributed by atoms with Crippen LogP contribution >= 0.6 is 11.3 Å². The Morgan fingerprint density at radius 2 is 1.79 bits per heavy atom. The maximum atomic E-state index is 12.7. The van der Waals surface area contributed by atoms with E-state index in [4.69, 9.17) is 19.2 Å². The van der Waals surface area contributed by atoms with E-state index < -0.39 is 17.7 Å². The fourth-order valence-electron chi connectivity index (χ4n) is 5.47. The quantitative estimate of drug-likeness (QED) is 0.323. The van der Waals surface area contributed by atoms with Crippen molar-refractivity contribution in [3.63, 3.8) is 0 Å². The van der Waals surface area contributed by atoms with Crippen LogP contribution in [0.4, 0.5) is 5.13 Å². The normalized spacial score (nSPS) is 35.0. The van der Waals surface area contributed by atoms with E-state index in [-0.39, 0.29) is 24.2 Å². The summed E-state index contributed by atoms with van der Waals surface area (Å²) in [5.74, 6) is -0.992. The minimum atomic E-state index is -1.09. The Hall–Kier alpha value is -2.04. The number of hydrazone groups is 1. The van der Waals surface area contributed by atoms with E-state index in [9.17, 15) is 9.59 Å². The van der Waals surface area contributed by atoms with E-state index >= 15 is 0 Å². The molecule has 156 valence electrons. The molecule has 1 N–H and O–H groups in total. The van der Waals surface area contributed by atoms with Gasteiger partial charge in [0.05, 0.1) is 12.3 Å². The Bertz CT molecular complexity index is 803. The highest BCUT2D eigenvalue weighted by atomic mass is 32.1. The molecule has 29 heavy (non-hydrogen) atoms. The van der Waals surface area contributed by atoms with Crippen molar-refractivity contribution in [3.05, 3.63) is 11.1 Å². The molecule has 9 nitrogen and oxygen atoms in total. The van der Waals surface area contributed by atoms with Gasteiger partial charge in [-0.1, -0.05) is 0 Å². The van der Waals surface area contributed by atoms with Crippen LogP contribution in [0.5, 0.6) is 0 Å². The number of nitrogens with one attached hydrogen (secondary N) is 1. The topological polar surface area (TPSA) is 108 Å². The molecule has 2 heterocycles.